The lowest BCUT2D eigenvalue weighted by atomic mass is 10.1. The Hall–Kier alpha value is -2.92. The van der Waals surface area contributed by atoms with E-state index in [0.717, 1.165) is 96.3 Å². The maximum Gasteiger partial charge on any atom is 0.306 e. The summed E-state index contributed by atoms with van der Waals surface area (Å²) in [5.74, 6) is -0.447. The number of unbranched alkanes of at least 4 members (excludes halogenated alkanes) is 22. The first kappa shape index (κ1) is 59.1. The minimum atomic E-state index is -0.560. The van der Waals surface area contributed by atoms with Gasteiger partial charge in [-0.2, -0.15) is 0 Å². The number of allylic oxidation sites excluding steroid dienone is 14. The SMILES string of the molecule is CC/C=C\C/C=C\C/C=C\C/C=C\C/C=C\CCCCCC(=O)OCC(COCCCCCCCC/C=C\CCCC)OC(=O)CCCCCCC/C=C\CCCCCCCC. The van der Waals surface area contributed by atoms with Gasteiger partial charge in [0, 0.05) is 19.4 Å². The van der Waals surface area contributed by atoms with E-state index in [1.165, 1.54) is 109 Å². The van der Waals surface area contributed by atoms with Gasteiger partial charge in [-0.05, 0) is 109 Å². The van der Waals surface area contributed by atoms with Crippen molar-refractivity contribution >= 4 is 11.9 Å². The molecule has 0 aromatic rings. The van der Waals surface area contributed by atoms with E-state index in [2.05, 4.69) is 106 Å². The van der Waals surface area contributed by atoms with Crippen LogP contribution in [0.15, 0.2) is 85.1 Å². The molecule has 0 rings (SSSR count). The van der Waals surface area contributed by atoms with Gasteiger partial charge >= 0.3 is 11.9 Å². The van der Waals surface area contributed by atoms with E-state index in [-0.39, 0.29) is 25.2 Å². The van der Waals surface area contributed by atoms with Gasteiger partial charge in [0.05, 0.1) is 6.61 Å². The smallest absolute Gasteiger partial charge is 0.306 e. The van der Waals surface area contributed by atoms with Crippen molar-refractivity contribution in [3.63, 3.8) is 0 Å². The average Bonchev–Trinajstić information content (AvgIpc) is 3.27. The molecule has 0 aliphatic heterocycles. The molecule has 1 unspecified atom stereocenters. The second kappa shape index (κ2) is 52.4. The van der Waals surface area contributed by atoms with E-state index in [0.29, 0.717) is 19.4 Å². The van der Waals surface area contributed by atoms with Crippen LogP contribution in [0.25, 0.3) is 0 Å². The lowest BCUT2D eigenvalue weighted by Gasteiger charge is -2.18. The molecule has 5 heteroatoms. The van der Waals surface area contributed by atoms with Gasteiger partial charge < -0.3 is 14.2 Å². The number of hydrogen-bond acceptors (Lipinski definition) is 5. The van der Waals surface area contributed by atoms with Crippen LogP contribution in [0.5, 0.6) is 0 Å². The molecular weight excluding hydrogens is 765 g/mol. The van der Waals surface area contributed by atoms with Crippen LogP contribution in [0.4, 0.5) is 0 Å². The van der Waals surface area contributed by atoms with Crippen molar-refractivity contribution in [3.8, 4) is 0 Å². The first-order valence-corrected chi connectivity index (χ1v) is 26.1. The molecule has 0 spiro atoms. The summed E-state index contributed by atoms with van der Waals surface area (Å²) in [6, 6.07) is 0. The third-order valence-electron chi connectivity index (χ3n) is 10.9. The third kappa shape index (κ3) is 49.7. The highest BCUT2D eigenvalue weighted by atomic mass is 16.6. The fraction of sp³-hybridized carbons (Fsp3) is 0.719. The Kier molecular flexibility index (Phi) is 50.0. The van der Waals surface area contributed by atoms with Gasteiger partial charge in [0.2, 0.25) is 0 Å². The molecule has 0 heterocycles. The molecule has 1 atom stereocenters. The van der Waals surface area contributed by atoms with Gasteiger partial charge in [0.1, 0.15) is 6.61 Å². The van der Waals surface area contributed by atoms with Gasteiger partial charge in [0.15, 0.2) is 6.10 Å². The van der Waals surface area contributed by atoms with Crippen molar-refractivity contribution in [1.82, 2.24) is 0 Å². The molecule has 5 nitrogen and oxygen atoms in total. The van der Waals surface area contributed by atoms with E-state index in [4.69, 9.17) is 14.2 Å². The molecule has 62 heavy (non-hydrogen) atoms. The highest BCUT2D eigenvalue weighted by Gasteiger charge is 2.17. The molecular formula is C57H98O5. The predicted octanol–water partition coefficient (Wildman–Crippen LogP) is 17.7. The monoisotopic (exact) mass is 863 g/mol. The zero-order valence-electron chi connectivity index (χ0n) is 40.9. The highest BCUT2D eigenvalue weighted by Crippen LogP contribution is 2.13. The van der Waals surface area contributed by atoms with Crippen molar-refractivity contribution in [2.45, 2.75) is 245 Å². The summed E-state index contributed by atoms with van der Waals surface area (Å²) >= 11 is 0. The Balaban J connectivity index is 4.34. The minimum absolute atomic E-state index is 0.0594. The molecule has 0 saturated carbocycles. The van der Waals surface area contributed by atoms with Crippen molar-refractivity contribution in [2.75, 3.05) is 19.8 Å². The van der Waals surface area contributed by atoms with Crippen LogP contribution in [0.1, 0.15) is 239 Å². The van der Waals surface area contributed by atoms with E-state index in [1.807, 2.05) is 0 Å². The molecule has 0 aromatic carbocycles. The van der Waals surface area contributed by atoms with Crippen molar-refractivity contribution < 1.29 is 23.8 Å². The van der Waals surface area contributed by atoms with Gasteiger partial charge in [-0.25, -0.2) is 0 Å². The Morgan fingerprint density at radius 2 is 0.742 bits per heavy atom. The van der Waals surface area contributed by atoms with Crippen LogP contribution in [-0.4, -0.2) is 37.9 Å². The van der Waals surface area contributed by atoms with Crippen LogP contribution < -0.4 is 0 Å². The lowest BCUT2D eigenvalue weighted by Crippen LogP contribution is -2.30. The second-order valence-corrected chi connectivity index (χ2v) is 17.0. The number of ether oxygens (including phenoxy) is 3. The summed E-state index contributed by atoms with van der Waals surface area (Å²) in [5.41, 5.74) is 0. The van der Waals surface area contributed by atoms with Crippen LogP contribution in [0, 0.1) is 0 Å². The zero-order chi connectivity index (χ0) is 44.9. The third-order valence-corrected chi connectivity index (χ3v) is 10.9. The second-order valence-electron chi connectivity index (χ2n) is 17.0. The summed E-state index contributed by atoms with van der Waals surface area (Å²) in [7, 11) is 0. The molecule has 0 aliphatic rings. The Morgan fingerprint density at radius 3 is 1.24 bits per heavy atom. The van der Waals surface area contributed by atoms with E-state index >= 15 is 0 Å². The first-order valence-electron chi connectivity index (χ1n) is 26.1. The lowest BCUT2D eigenvalue weighted by molar-refractivity contribution is -0.163. The standard InChI is InChI=1S/C57H98O5/c1-4-7-10-13-16-19-22-25-27-28-29-30-32-33-35-38-41-44-47-50-56(58)61-54-55(53-60-52-49-46-43-40-37-24-21-18-15-12-9-6-3)62-57(59)51-48-45-42-39-36-34-31-26-23-20-17-14-11-8-5-2/h7,10,15-16,18-19,25-27,29-31,33,35,55H,4-6,8-9,11-14,17,20-24,28,32,34,36-54H2,1-3H3/b10-7-,18-15-,19-16-,27-25-,30-29-,31-26-,35-33-. The minimum Gasteiger partial charge on any atom is -0.462 e. The summed E-state index contributed by atoms with van der Waals surface area (Å²) in [4.78, 5) is 25.4. The number of rotatable bonds is 47. The molecule has 0 bridgehead atoms. The Labute approximate surface area is 384 Å². The molecule has 356 valence electrons. The van der Waals surface area contributed by atoms with Gasteiger partial charge in [-0.15, -0.1) is 0 Å². The summed E-state index contributed by atoms with van der Waals surface area (Å²) in [6.07, 6.45) is 68.7. The Morgan fingerprint density at radius 1 is 0.371 bits per heavy atom. The fourth-order valence-corrected chi connectivity index (χ4v) is 6.98. The molecule has 0 fully saturated rings. The van der Waals surface area contributed by atoms with Crippen molar-refractivity contribution in [2.24, 2.45) is 0 Å². The van der Waals surface area contributed by atoms with Crippen LogP contribution in [-0.2, 0) is 23.8 Å². The molecule has 0 saturated heterocycles. The predicted molar refractivity (Wildman–Crippen MR) is 270 cm³/mol. The summed E-state index contributed by atoms with van der Waals surface area (Å²) in [5, 5.41) is 0. The van der Waals surface area contributed by atoms with Gasteiger partial charge in [0.25, 0.3) is 0 Å². The maximum atomic E-state index is 12.8. The number of hydrogen-bond donors (Lipinski definition) is 0. The molecule has 0 aliphatic carbocycles. The quantitative estimate of drug-likeness (QED) is 0.0346. The van der Waals surface area contributed by atoms with Crippen molar-refractivity contribution in [3.05, 3.63) is 85.1 Å². The molecule has 0 amide bonds. The van der Waals surface area contributed by atoms with Gasteiger partial charge in [-0.1, -0.05) is 202 Å². The van der Waals surface area contributed by atoms with E-state index in [1.54, 1.807) is 0 Å². The van der Waals surface area contributed by atoms with E-state index in [9.17, 15) is 9.59 Å². The topological polar surface area (TPSA) is 61.8 Å². The van der Waals surface area contributed by atoms with E-state index < -0.39 is 6.10 Å². The van der Waals surface area contributed by atoms with Gasteiger partial charge in [-0.3, -0.25) is 9.59 Å². The summed E-state index contributed by atoms with van der Waals surface area (Å²) in [6.45, 7) is 7.63. The molecule has 0 N–H and O–H groups in total. The normalized spacial score (nSPS) is 12.9. The Bertz CT molecular complexity index is 1160. The largest absolute Gasteiger partial charge is 0.462 e. The average molecular weight is 863 g/mol. The zero-order valence-corrected chi connectivity index (χ0v) is 40.9. The van der Waals surface area contributed by atoms with Crippen LogP contribution in [0.2, 0.25) is 0 Å². The first-order chi connectivity index (χ1) is 30.6. The highest BCUT2D eigenvalue weighted by molar-refractivity contribution is 5.70. The maximum absolute atomic E-state index is 12.8. The van der Waals surface area contributed by atoms with Crippen molar-refractivity contribution in [1.29, 1.82) is 0 Å². The number of carbonyl (C=O) groups excluding carboxylic acids is 2. The number of carbonyl (C=O) groups is 2. The fourth-order valence-electron chi connectivity index (χ4n) is 6.98. The number of esters is 2. The van der Waals surface area contributed by atoms with Crippen LogP contribution in [0.3, 0.4) is 0 Å². The molecule has 0 aromatic heterocycles. The van der Waals surface area contributed by atoms with Crippen LogP contribution >= 0.6 is 0 Å². The summed E-state index contributed by atoms with van der Waals surface area (Å²) < 4.78 is 17.4. The molecule has 0 radical (unpaired) electrons.